The molecule has 0 bridgehead atoms. The van der Waals surface area contributed by atoms with Crippen LogP contribution in [-0.2, 0) is 18.4 Å². The number of piperidine rings is 1. The third kappa shape index (κ3) is 2.90. The predicted octanol–water partition coefficient (Wildman–Crippen LogP) is 1.51. The molecule has 122 valence electrons. The Morgan fingerprint density at radius 1 is 1.43 bits per heavy atom. The molecular weight excluding hydrogens is 310 g/mol. The highest BCUT2D eigenvalue weighted by Crippen LogP contribution is 2.39. The van der Waals surface area contributed by atoms with Crippen LogP contribution >= 0.6 is 11.3 Å². The molecule has 7 heteroatoms. The van der Waals surface area contributed by atoms with Crippen LogP contribution in [-0.4, -0.2) is 44.2 Å². The van der Waals surface area contributed by atoms with Crippen molar-refractivity contribution in [3.05, 3.63) is 34.5 Å². The van der Waals surface area contributed by atoms with Crippen LogP contribution in [0.5, 0.6) is 0 Å². The largest absolute Gasteiger partial charge is 0.350 e. The number of aryl methyl sites for hydroxylation is 1. The fraction of sp³-hybridized carbons (Fsp3) is 0.562. The van der Waals surface area contributed by atoms with Crippen molar-refractivity contribution in [3.8, 4) is 0 Å². The first-order chi connectivity index (χ1) is 11.1. The smallest absolute Gasteiger partial charge is 0.228 e. The molecule has 1 N–H and O–H groups in total. The molecule has 1 atom stereocenters. The molecule has 0 radical (unpaired) electrons. The molecule has 23 heavy (non-hydrogen) atoms. The van der Waals surface area contributed by atoms with Crippen molar-refractivity contribution in [1.29, 1.82) is 0 Å². The second-order valence-electron chi connectivity index (χ2n) is 6.68. The van der Waals surface area contributed by atoms with E-state index in [9.17, 15) is 4.79 Å². The van der Waals surface area contributed by atoms with E-state index in [1.54, 1.807) is 16.0 Å². The normalized spacial score (nSPS) is 24.2. The van der Waals surface area contributed by atoms with Gasteiger partial charge in [0.15, 0.2) is 0 Å². The van der Waals surface area contributed by atoms with E-state index in [-0.39, 0.29) is 17.4 Å². The van der Waals surface area contributed by atoms with E-state index in [1.807, 2.05) is 31.0 Å². The van der Waals surface area contributed by atoms with Crippen molar-refractivity contribution in [3.63, 3.8) is 0 Å². The zero-order valence-electron chi connectivity index (χ0n) is 13.2. The first-order valence-electron chi connectivity index (χ1n) is 8.05. The summed E-state index contributed by atoms with van der Waals surface area (Å²) in [5.41, 5.74) is 1.00. The van der Waals surface area contributed by atoms with E-state index in [2.05, 4.69) is 20.3 Å². The number of likely N-dealkylation sites (tertiary alicyclic amines) is 1. The molecule has 2 aliphatic rings. The quantitative estimate of drug-likeness (QED) is 0.926. The fourth-order valence-corrected chi connectivity index (χ4v) is 4.42. The minimum Gasteiger partial charge on any atom is -0.350 e. The van der Waals surface area contributed by atoms with Gasteiger partial charge in [0, 0.05) is 49.0 Å². The lowest BCUT2D eigenvalue weighted by molar-refractivity contribution is -0.121. The SMILES string of the molecule is Cn1cc(C2CC3(CCN(Cc4nccs4)CC3)NC2=O)cn1. The molecule has 1 amide bonds. The monoisotopic (exact) mass is 331 g/mol. The minimum atomic E-state index is -0.0470. The Kier molecular flexibility index (Phi) is 3.69. The number of nitrogens with one attached hydrogen (secondary N) is 1. The van der Waals surface area contributed by atoms with Crippen molar-refractivity contribution in [2.24, 2.45) is 7.05 Å². The van der Waals surface area contributed by atoms with Gasteiger partial charge in [-0.25, -0.2) is 4.98 Å². The molecule has 1 spiro atoms. The highest BCUT2D eigenvalue weighted by Gasteiger charge is 2.46. The van der Waals surface area contributed by atoms with E-state index in [4.69, 9.17) is 0 Å². The van der Waals surface area contributed by atoms with Crippen LogP contribution in [0.15, 0.2) is 24.0 Å². The number of carbonyl (C=O) groups excluding carboxylic acids is 1. The lowest BCUT2D eigenvalue weighted by Crippen LogP contribution is -2.50. The summed E-state index contributed by atoms with van der Waals surface area (Å²) < 4.78 is 1.77. The maximum Gasteiger partial charge on any atom is 0.228 e. The van der Waals surface area contributed by atoms with Crippen molar-refractivity contribution in [2.45, 2.75) is 37.3 Å². The summed E-state index contributed by atoms with van der Waals surface area (Å²) in [7, 11) is 1.89. The second-order valence-corrected chi connectivity index (χ2v) is 7.65. The topological polar surface area (TPSA) is 63.1 Å². The average Bonchev–Trinajstić information content (AvgIpc) is 3.24. The zero-order chi connectivity index (χ0) is 15.9. The van der Waals surface area contributed by atoms with Gasteiger partial charge in [0.2, 0.25) is 5.91 Å². The van der Waals surface area contributed by atoms with Gasteiger partial charge in [0.1, 0.15) is 5.01 Å². The zero-order valence-corrected chi connectivity index (χ0v) is 14.1. The van der Waals surface area contributed by atoms with Gasteiger partial charge in [-0.1, -0.05) is 0 Å². The summed E-state index contributed by atoms with van der Waals surface area (Å²) >= 11 is 1.71. The number of nitrogens with zero attached hydrogens (tertiary/aromatic N) is 4. The third-order valence-electron chi connectivity index (χ3n) is 5.08. The van der Waals surface area contributed by atoms with Crippen LogP contribution in [0.2, 0.25) is 0 Å². The fourth-order valence-electron chi connectivity index (χ4n) is 3.76. The number of amides is 1. The molecule has 2 aromatic rings. The summed E-state index contributed by atoms with van der Waals surface area (Å²) in [6, 6.07) is 0. The summed E-state index contributed by atoms with van der Waals surface area (Å²) in [6.07, 6.45) is 8.56. The lowest BCUT2D eigenvalue weighted by Gasteiger charge is -2.39. The first kappa shape index (κ1) is 14.8. The van der Waals surface area contributed by atoms with Gasteiger partial charge in [0.05, 0.1) is 18.7 Å². The molecule has 2 saturated heterocycles. The van der Waals surface area contributed by atoms with Crippen LogP contribution in [0, 0.1) is 0 Å². The Morgan fingerprint density at radius 3 is 2.91 bits per heavy atom. The van der Waals surface area contributed by atoms with Crippen molar-refractivity contribution < 1.29 is 4.79 Å². The number of rotatable bonds is 3. The molecule has 0 saturated carbocycles. The summed E-state index contributed by atoms with van der Waals surface area (Å²) in [5, 5.41) is 10.7. The Labute approximate surface area is 139 Å². The minimum absolute atomic E-state index is 0.0308. The molecule has 0 aliphatic carbocycles. The van der Waals surface area contributed by atoms with E-state index in [1.165, 1.54) is 5.01 Å². The molecule has 6 nitrogen and oxygen atoms in total. The van der Waals surface area contributed by atoms with Crippen molar-refractivity contribution in [2.75, 3.05) is 13.1 Å². The van der Waals surface area contributed by atoms with Crippen molar-refractivity contribution in [1.82, 2.24) is 25.0 Å². The van der Waals surface area contributed by atoms with Gasteiger partial charge >= 0.3 is 0 Å². The van der Waals surface area contributed by atoms with Gasteiger partial charge in [-0.3, -0.25) is 14.4 Å². The van der Waals surface area contributed by atoms with Crippen molar-refractivity contribution >= 4 is 17.2 Å². The molecular formula is C16H21N5OS. The molecule has 4 rings (SSSR count). The van der Waals surface area contributed by atoms with Crippen LogP contribution in [0.4, 0.5) is 0 Å². The van der Waals surface area contributed by atoms with Crippen LogP contribution in [0.3, 0.4) is 0 Å². The van der Waals surface area contributed by atoms with Crippen LogP contribution < -0.4 is 5.32 Å². The Balaban J connectivity index is 1.40. The van der Waals surface area contributed by atoms with Gasteiger partial charge in [-0.2, -0.15) is 5.10 Å². The van der Waals surface area contributed by atoms with E-state index < -0.39 is 0 Å². The molecule has 4 heterocycles. The molecule has 1 unspecified atom stereocenters. The first-order valence-corrected chi connectivity index (χ1v) is 8.93. The van der Waals surface area contributed by atoms with E-state index in [0.717, 1.165) is 44.5 Å². The van der Waals surface area contributed by atoms with Crippen LogP contribution in [0.25, 0.3) is 0 Å². The Morgan fingerprint density at radius 2 is 2.26 bits per heavy atom. The average molecular weight is 331 g/mol. The highest BCUT2D eigenvalue weighted by atomic mass is 32.1. The number of hydrogen-bond acceptors (Lipinski definition) is 5. The maximum atomic E-state index is 12.4. The van der Waals surface area contributed by atoms with Gasteiger partial charge < -0.3 is 5.32 Å². The summed E-state index contributed by atoms with van der Waals surface area (Å²) in [6.45, 7) is 2.95. The van der Waals surface area contributed by atoms with Crippen LogP contribution in [0.1, 0.15) is 35.8 Å². The second kappa shape index (κ2) is 5.72. The standard InChI is InChI=1S/C16H21N5OS/c1-20-10-12(9-18-20)13-8-16(19-15(13)22)2-5-21(6-3-16)11-14-17-4-7-23-14/h4,7,9-10,13H,2-3,5-6,8,11H2,1H3,(H,19,22). The Hall–Kier alpha value is -1.73. The van der Waals surface area contributed by atoms with E-state index >= 15 is 0 Å². The lowest BCUT2D eigenvalue weighted by atomic mass is 9.82. The third-order valence-corrected chi connectivity index (χ3v) is 5.85. The van der Waals surface area contributed by atoms with Gasteiger partial charge in [-0.05, 0) is 19.3 Å². The summed E-state index contributed by atoms with van der Waals surface area (Å²) in [4.78, 5) is 19.2. The molecule has 2 fully saturated rings. The number of carbonyl (C=O) groups is 1. The number of thiazole rings is 1. The predicted molar refractivity (Wildman–Crippen MR) is 88.1 cm³/mol. The summed E-state index contributed by atoms with van der Waals surface area (Å²) in [5.74, 6) is 0.112. The van der Waals surface area contributed by atoms with Gasteiger partial charge in [-0.15, -0.1) is 11.3 Å². The number of hydrogen-bond donors (Lipinski definition) is 1. The van der Waals surface area contributed by atoms with E-state index in [0.29, 0.717) is 0 Å². The number of aromatic nitrogens is 3. The van der Waals surface area contributed by atoms with Gasteiger partial charge in [0.25, 0.3) is 0 Å². The molecule has 2 aromatic heterocycles. The maximum absolute atomic E-state index is 12.4. The molecule has 0 aromatic carbocycles. The highest BCUT2D eigenvalue weighted by molar-refractivity contribution is 7.09. The molecule has 2 aliphatic heterocycles. The Bertz CT molecular complexity index is 687.